The molecule has 0 spiro atoms. The highest BCUT2D eigenvalue weighted by molar-refractivity contribution is 7.10. The van der Waals surface area contributed by atoms with E-state index in [0.29, 0.717) is 12.8 Å². The predicted molar refractivity (Wildman–Crippen MR) is 109 cm³/mol. The summed E-state index contributed by atoms with van der Waals surface area (Å²) in [5.74, 6) is 1.75. The van der Waals surface area contributed by atoms with Gasteiger partial charge in [0.2, 0.25) is 12.7 Å². The van der Waals surface area contributed by atoms with Gasteiger partial charge in [0.1, 0.15) is 0 Å². The Morgan fingerprint density at radius 2 is 1.93 bits per heavy atom. The maximum Gasteiger partial charge on any atom is 0.231 e. The van der Waals surface area contributed by atoms with Gasteiger partial charge < -0.3 is 14.4 Å². The van der Waals surface area contributed by atoms with Gasteiger partial charge in [-0.3, -0.25) is 4.79 Å². The van der Waals surface area contributed by atoms with Gasteiger partial charge in [-0.25, -0.2) is 0 Å². The van der Waals surface area contributed by atoms with E-state index in [1.165, 1.54) is 16.0 Å². The van der Waals surface area contributed by atoms with E-state index in [4.69, 9.17) is 9.47 Å². The Hall–Kier alpha value is -2.79. The molecule has 5 rings (SSSR count). The molecule has 1 atom stereocenters. The molecule has 2 aliphatic rings. The van der Waals surface area contributed by atoms with Crippen molar-refractivity contribution in [2.75, 3.05) is 13.3 Å². The fourth-order valence-corrected chi connectivity index (χ4v) is 4.97. The van der Waals surface area contributed by atoms with Gasteiger partial charge in [0.25, 0.3) is 0 Å². The van der Waals surface area contributed by atoms with Gasteiger partial charge in [-0.05, 0) is 53.1 Å². The Morgan fingerprint density at radius 1 is 1.07 bits per heavy atom. The molecule has 0 saturated carbocycles. The number of thiophene rings is 1. The highest BCUT2D eigenvalue weighted by atomic mass is 32.1. The lowest BCUT2D eigenvalue weighted by Crippen LogP contribution is -2.40. The summed E-state index contributed by atoms with van der Waals surface area (Å²) in [4.78, 5) is 16.6. The fraction of sp³-hybridized carbons (Fsp3) is 0.261. The summed E-state index contributed by atoms with van der Waals surface area (Å²) in [6, 6.07) is 18.5. The predicted octanol–water partition coefficient (Wildman–Crippen LogP) is 4.58. The van der Waals surface area contributed by atoms with Gasteiger partial charge in [0, 0.05) is 17.8 Å². The third kappa shape index (κ3) is 3.16. The van der Waals surface area contributed by atoms with Crippen LogP contribution in [0.25, 0.3) is 0 Å². The van der Waals surface area contributed by atoms with Crippen LogP contribution in [-0.2, 0) is 17.6 Å². The van der Waals surface area contributed by atoms with Gasteiger partial charge in [0.15, 0.2) is 11.5 Å². The average molecular weight is 391 g/mol. The van der Waals surface area contributed by atoms with Crippen molar-refractivity contribution in [3.8, 4) is 11.5 Å². The molecule has 4 nitrogen and oxygen atoms in total. The van der Waals surface area contributed by atoms with Crippen LogP contribution < -0.4 is 9.47 Å². The molecular formula is C23H21NO3S. The Balaban J connectivity index is 1.36. The molecule has 5 heteroatoms. The van der Waals surface area contributed by atoms with Crippen LogP contribution in [0.5, 0.6) is 11.5 Å². The number of amides is 1. The first kappa shape index (κ1) is 17.3. The summed E-state index contributed by atoms with van der Waals surface area (Å²) in [7, 11) is 0. The molecule has 2 aromatic carbocycles. The van der Waals surface area contributed by atoms with Crippen LogP contribution in [0.2, 0.25) is 0 Å². The molecule has 28 heavy (non-hydrogen) atoms. The molecule has 1 amide bonds. The molecule has 142 valence electrons. The molecule has 3 aromatic rings. The zero-order chi connectivity index (χ0) is 18.9. The van der Waals surface area contributed by atoms with Crippen LogP contribution in [0.15, 0.2) is 60.0 Å². The number of fused-ring (bicyclic) bond motifs is 2. The van der Waals surface area contributed by atoms with Crippen molar-refractivity contribution in [3.05, 3.63) is 81.5 Å². The zero-order valence-corrected chi connectivity index (χ0v) is 16.3. The molecule has 0 fully saturated rings. The maximum atomic E-state index is 13.2. The van der Waals surface area contributed by atoms with Gasteiger partial charge in [-0.1, -0.05) is 36.4 Å². The van der Waals surface area contributed by atoms with E-state index in [1.54, 1.807) is 11.3 Å². The lowest BCUT2D eigenvalue weighted by molar-refractivity contribution is -0.133. The highest BCUT2D eigenvalue weighted by Crippen LogP contribution is 2.38. The van der Waals surface area contributed by atoms with Crippen molar-refractivity contribution in [1.82, 2.24) is 4.90 Å². The van der Waals surface area contributed by atoms with Crippen LogP contribution in [0.3, 0.4) is 0 Å². The third-order valence-corrected chi connectivity index (χ3v) is 6.46. The summed E-state index contributed by atoms with van der Waals surface area (Å²) in [5.41, 5.74) is 3.55. The van der Waals surface area contributed by atoms with E-state index in [2.05, 4.69) is 28.5 Å². The Labute approximate surface area is 168 Å². The summed E-state index contributed by atoms with van der Waals surface area (Å²) < 4.78 is 10.8. The molecule has 0 saturated heterocycles. The molecule has 0 bridgehead atoms. The van der Waals surface area contributed by atoms with Crippen molar-refractivity contribution < 1.29 is 14.3 Å². The van der Waals surface area contributed by atoms with Crippen molar-refractivity contribution in [2.24, 2.45) is 0 Å². The quantitative estimate of drug-likeness (QED) is 0.653. The van der Waals surface area contributed by atoms with Gasteiger partial charge in [-0.15, -0.1) is 11.3 Å². The van der Waals surface area contributed by atoms with Crippen molar-refractivity contribution in [3.63, 3.8) is 0 Å². The number of nitrogens with zero attached hydrogens (tertiary/aromatic N) is 1. The SMILES string of the molecule is O=C(CCc1ccc2c(c1)OCO2)N1CCc2sccc2[C@H]1c1ccccc1. The van der Waals surface area contributed by atoms with E-state index >= 15 is 0 Å². The lowest BCUT2D eigenvalue weighted by atomic mass is 9.92. The number of hydrogen-bond donors (Lipinski definition) is 0. The van der Waals surface area contributed by atoms with Crippen LogP contribution in [0.1, 0.15) is 34.0 Å². The standard InChI is InChI=1S/C23H21NO3S/c25-22(9-7-16-6-8-19-20(14-16)27-15-26-19)24-12-10-21-18(11-13-28-21)23(24)17-4-2-1-3-5-17/h1-6,8,11,13-14,23H,7,9-10,12,15H2/t23-/m1/s1. The number of hydrogen-bond acceptors (Lipinski definition) is 4. The zero-order valence-electron chi connectivity index (χ0n) is 15.5. The Bertz CT molecular complexity index is 998. The minimum atomic E-state index is 0.0143. The number of carbonyl (C=O) groups excluding carboxylic acids is 1. The highest BCUT2D eigenvalue weighted by Gasteiger charge is 2.32. The number of rotatable bonds is 4. The molecule has 0 unspecified atom stereocenters. The van der Waals surface area contributed by atoms with E-state index in [-0.39, 0.29) is 18.7 Å². The number of ether oxygens (including phenoxy) is 2. The normalized spacial score (nSPS) is 17.4. The number of aryl methyl sites for hydroxylation is 1. The number of carbonyl (C=O) groups is 1. The Morgan fingerprint density at radius 3 is 2.82 bits per heavy atom. The first-order valence-electron chi connectivity index (χ1n) is 9.59. The lowest BCUT2D eigenvalue weighted by Gasteiger charge is -2.36. The second-order valence-corrected chi connectivity index (χ2v) is 8.14. The molecular weight excluding hydrogens is 370 g/mol. The van der Waals surface area contributed by atoms with Crippen molar-refractivity contribution in [1.29, 1.82) is 0 Å². The monoisotopic (exact) mass is 391 g/mol. The van der Waals surface area contributed by atoms with E-state index < -0.39 is 0 Å². The van der Waals surface area contributed by atoms with Crippen molar-refractivity contribution >= 4 is 17.2 Å². The van der Waals surface area contributed by atoms with Crippen LogP contribution >= 0.6 is 11.3 Å². The van der Waals surface area contributed by atoms with E-state index in [0.717, 1.165) is 30.0 Å². The second-order valence-electron chi connectivity index (χ2n) is 7.14. The minimum absolute atomic E-state index is 0.0143. The first-order valence-corrected chi connectivity index (χ1v) is 10.5. The molecule has 2 aliphatic heterocycles. The maximum absolute atomic E-state index is 13.2. The second kappa shape index (κ2) is 7.32. The van der Waals surface area contributed by atoms with E-state index in [1.807, 2.05) is 36.4 Å². The largest absolute Gasteiger partial charge is 0.454 e. The molecule has 3 heterocycles. The van der Waals surface area contributed by atoms with Crippen molar-refractivity contribution in [2.45, 2.75) is 25.3 Å². The van der Waals surface area contributed by atoms with Gasteiger partial charge >= 0.3 is 0 Å². The van der Waals surface area contributed by atoms with Crippen LogP contribution in [0.4, 0.5) is 0 Å². The smallest absolute Gasteiger partial charge is 0.231 e. The minimum Gasteiger partial charge on any atom is -0.454 e. The van der Waals surface area contributed by atoms with Gasteiger partial charge in [-0.2, -0.15) is 0 Å². The molecule has 0 aliphatic carbocycles. The summed E-state index contributed by atoms with van der Waals surface area (Å²) >= 11 is 1.80. The first-order chi connectivity index (χ1) is 13.8. The molecule has 1 aromatic heterocycles. The summed E-state index contributed by atoms with van der Waals surface area (Å²) in [6.45, 7) is 1.04. The van der Waals surface area contributed by atoms with Crippen LogP contribution in [0, 0.1) is 0 Å². The number of benzene rings is 2. The van der Waals surface area contributed by atoms with Crippen LogP contribution in [-0.4, -0.2) is 24.1 Å². The Kier molecular flexibility index (Phi) is 4.53. The fourth-order valence-electron chi connectivity index (χ4n) is 4.07. The summed E-state index contributed by atoms with van der Waals surface area (Å²) in [5, 5.41) is 2.14. The molecule has 0 N–H and O–H groups in total. The van der Waals surface area contributed by atoms with E-state index in [9.17, 15) is 4.79 Å². The third-order valence-electron chi connectivity index (χ3n) is 5.47. The summed E-state index contributed by atoms with van der Waals surface area (Å²) in [6.07, 6.45) is 2.12. The molecule has 0 radical (unpaired) electrons. The average Bonchev–Trinajstić information content (AvgIpc) is 3.40. The topological polar surface area (TPSA) is 38.8 Å². The van der Waals surface area contributed by atoms with Gasteiger partial charge in [0.05, 0.1) is 6.04 Å².